The van der Waals surface area contributed by atoms with Crippen LogP contribution in [0.3, 0.4) is 0 Å². The molecule has 0 aromatic carbocycles. The molecule has 0 radical (unpaired) electrons. The molecule has 17 heavy (non-hydrogen) atoms. The van der Waals surface area contributed by atoms with Crippen molar-refractivity contribution < 1.29 is 9.90 Å². The maximum absolute atomic E-state index is 10.9. The van der Waals surface area contributed by atoms with Gasteiger partial charge in [-0.1, -0.05) is 20.3 Å². The highest BCUT2D eigenvalue weighted by Crippen LogP contribution is 2.19. The zero-order valence-corrected chi connectivity index (χ0v) is 10.8. The van der Waals surface area contributed by atoms with E-state index >= 15 is 0 Å². The van der Waals surface area contributed by atoms with Crippen LogP contribution in [-0.2, 0) is 11.2 Å². The summed E-state index contributed by atoms with van der Waals surface area (Å²) in [5.74, 6) is -0.0799. The molecule has 1 N–H and O–H groups in total. The quantitative estimate of drug-likeness (QED) is 0.815. The van der Waals surface area contributed by atoms with Crippen molar-refractivity contribution in [2.75, 3.05) is 0 Å². The lowest BCUT2D eigenvalue weighted by atomic mass is 10.0. The van der Waals surface area contributed by atoms with Gasteiger partial charge in [0.1, 0.15) is 0 Å². The van der Waals surface area contributed by atoms with Gasteiger partial charge in [-0.25, -0.2) is 4.68 Å². The monoisotopic (exact) mass is 240 g/mol. The summed E-state index contributed by atoms with van der Waals surface area (Å²) in [5, 5.41) is 20.5. The van der Waals surface area contributed by atoms with Gasteiger partial charge >= 0.3 is 5.97 Å². The average molecular weight is 240 g/mol. The normalized spacial score (nSPS) is 16.5. The first kappa shape index (κ1) is 13.6. The zero-order chi connectivity index (χ0) is 13.0. The van der Waals surface area contributed by atoms with Crippen LogP contribution in [0.5, 0.6) is 0 Å². The highest BCUT2D eigenvalue weighted by atomic mass is 16.4. The Morgan fingerprint density at radius 3 is 2.59 bits per heavy atom. The molecular weight excluding hydrogens is 220 g/mol. The summed E-state index contributed by atoms with van der Waals surface area (Å²) in [4.78, 5) is 10.9. The van der Waals surface area contributed by atoms with Gasteiger partial charge in [0.2, 0.25) is 0 Å². The summed E-state index contributed by atoms with van der Waals surface area (Å²) in [7, 11) is 0. The van der Waals surface area contributed by atoms with E-state index in [9.17, 15) is 4.79 Å². The van der Waals surface area contributed by atoms with Crippen molar-refractivity contribution in [3.05, 3.63) is 5.82 Å². The smallest absolute Gasteiger partial charge is 0.308 e. The molecule has 0 fully saturated rings. The number of nitrogens with zero attached hydrogens (tertiary/aromatic N) is 4. The van der Waals surface area contributed by atoms with Crippen LogP contribution in [0.4, 0.5) is 0 Å². The fraction of sp³-hybridized carbons (Fsp3) is 0.818. The lowest BCUT2D eigenvalue weighted by molar-refractivity contribution is -0.142. The molecule has 1 heterocycles. The van der Waals surface area contributed by atoms with Gasteiger partial charge in [-0.05, 0) is 30.2 Å². The Balaban J connectivity index is 2.84. The molecule has 1 aromatic rings. The molecule has 0 saturated carbocycles. The van der Waals surface area contributed by atoms with Crippen LogP contribution in [0.15, 0.2) is 0 Å². The van der Waals surface area contributed by atoms with Crippen molar-refractivity contribution in [1.82, 2.24) is 20.2 Å². The Morgan fingerprint density at radius 2 is 2.06 bits per heavy atom. The molecule has 0 saturated heterocycles. The molecule has 3 unspecified atom stereocenters. The average Bonchev–Trinajstić information content (AvgIpc) is 2.74. The van der Waals surface area contributed by atoms with Crippen LogP contribution in [0.2, 0.25) is 0 Å². The van der Waals surface area contributed by atoms with E-state index < -0.39 is 11.9 Å². The van der Waals surface area contributed by atoms with Crippen LogP contribution >= 0.6 is 0 Å². The number of hydrogen-bond acceptors (Lipinski definition) is 4. The second-order valence-electron chi connectivity index (χ2n) is 4.62. The van der Waals surface area contributed by atoms with E-state index in [2.05, 4.69) is 29.4 Å². The Labute approximate surface area is 101 Å². The summed E-state index contributed by atoms with van der Waals surface area (Å²) in [6, 6.07) is -0.235. The predicted octanol–water partition coefficient (Wildman–Crippen LogP) is 1.54. The third kappa shape index (κ3) is 3.25. The highest BCUT2D eigenvalue weighted by Gasteiger charge is 2.24. The van der Waals surface area contributed by atoms with Crippen LogP contribution in [0, 0.1) is 11.8 Å². The Kier molecular flexibility index (Phi) is 4.60. The number of tetrazole rings is 1. The second-order valence-corrected chi connectivity index (χ2v) is 4.62. The third-order valence-corrected chi connectivity index (χ3v) is 3.29. The molecule has 6 heteroatoms. The van der Waals surface area contributed by atoms with Crippen molar-refractivity contribution in [1.29, 1.82) is 0 Å². The van der Waals surface area contributed by atoms with E-state index in [1.807, 2.05) is 6.92 Å². The Morgan fingerprint density at radius 1 is 1.41 bits per heavy atom. The van der Waals surface area contributed by atoms with Gasteiger partial charge in [0.15, 0.2) is 5.82 Å². The second kappa shape index (κ2) is 5.75. The molecule has 0 amide bonds. The molecule has 0 bridgehead atoms. The first-order valence-electron chi connectivity index (χ1n) is 5.96. The van der Waals surface area contributed by atoms with Gasteiger partial charge in [-0.3, -0.25) is 4.79 Å². The topological polar surface area (TPSA) is 80.9 Å². The summed E-state index contributed by atoms with van der Waals surface area (Å²) in [5.41, 5.74) is 0. The van der Waals surface area contributed by atoms with Crippen LogP contribution in [-0.4, -0.2) is 31.3 Å². The van der Waals surface area contributed by atoms with Gasteiger partial charge in [-0.2, -0.15) is 0 Å². The molecule has 1 rings (SSSR count). The maximum Gasteiger partial charge on any atom is 0.308 e. The fourth-order valence-corrected chi connectivity index (χ4v) is 1.54. The van der Waals surface area contributed by atoms with Crippen molar-refractivity contribution in [2.45, 2.75) is 46.6 Å². The van der Waals surface area contributed by atoms with Crippen LogP contribution in [0.25, 0.3) is 0 Å². The molecule has 0 aliphatic rings. The molecule has 96 valence electrons. The molecular formula is C11H20N4O2. The largest absolute Gasteiger partial charge is 0.481 e. The fourth-order valence-electron chi connectivity index (χ4n) is 1.54. The SMILES string of the molecule is CCC(C)Cc1nnnn1C(C)C(C)C(=O)O. The minimum Gasteiger partial charge on any atom is -0.481 e. The van der Waals surface area contributed by atoms with E-state index in [0.29, 0.717) is 5.92 Å². The third-order valence-electron chi connectivity index (χ3n) is 3.29. The van der Waals surface area contributed by atoms with Gasteiger partial charge in [0.25, 0.3) is 0 Å². The van der Waals surface area contributed by atoms with E-state index in [-0.39, 0.29) is 6.04 Å². The number of aliphatic carboxylic acids is 1. The number of carboxylic acids is 1. The zero-order valence-electron chi connectivity index (χ0n) is 10.8. The van der Waals surface area contributed by atoms with Crippen LogP contribution in [0.1, 0.15) is 46.0 Å². The molecule has 0 spiro atoms. The van der Waals surface area contributed by atoms with Gasteiger partial charge in [0, 0.05) is 6.42 Å². The lowest BCUT2D eigenvalue weighted by Crippen LogP contribution is -2.24. The first-order chi connectivity index (χ1) is 7.97. The van der Waals surface area contributed by atoms with E-state index in [1.165, 1.54) is 0 Å². The lowest BCUT2D eigenvalue weighted by Gasteiger charge is -2.18. The predicted molar refractivity (Wildman–Crippen MR) is 62.5 cm³/mol. The number of carbonyl (C=O) groups is 1. The van der Waals surface area contributed by atoms with Crippen molar-refractivity contribution in [3.8, 4) is 0 Å². The first-order valence-corrected chi connectivity index (χ1v) is 5.96. The summed E-state index contributed by atoms with van der Waals surface area (Å²) in [6.07, 6.45) is 1.83. The molecule has 6 nitrogen and oxygen atoms in total. The van der Waals surface area contributed by atoms with Crippen molar-refractivity contribution >= 4 is 5.97 Å². The van der Waals surface area contributed by atoms with Gasteiger partial charge in [-0.15, -0.1) is 5.10 Å². The number of carboxylic acid groups (broad SMARTS) is 1. The number of aromatic nitrogens is 4. The molecule has 0 aliphatic heterocycles. The molecule has 1 aromatic heterocycles. The van der Waals surface area contributed by atoms with Gasteiger partial charge in [0.05, 0.1) is 12.0 Å². The molecule has 0 aliphatic carbocycles. The number of rotatable bonds is 6. The Bertz CT molecular complexity index is 377. The minimum absolute atomic E-state index is 0.235. The number of hydrogen-bond donors (Lipinski definition) is 1. The van der Waals surface area contributed by atoms with E-state index in [4.69, 9.17) is 5.11 Å². The van der Waals surface area contributed by atoms with Crippen molar-refractivity contribution in [2.24, 2.45) is 11.8 Å². The maximum atomic E-state index is 10.9. The highest BCUT2D eigenvalue weighted by molar-refractivity contribution is 5.70. The van der Waals surface area contributed by atoms with Crippen molar-refractivity contribution in [3.63, 3.8) is 0 Å². The Hall–Kier alpha value is -1.46. The summed E-state index contributed by atoms with van der Waals surface area (Å²) in [6.45, 7) is 7.74. The van der Waals surface area contributed by atoms with Gasteiger partial charge < -0.3 is 5.11 Å². The molecule has 3 atom stereocenters. The summed E-state index contributed by atoms with van der Waals surface area (Å²) >= 11 is 0. The van der Waals surface area contributed by atoms with E-state index in [1.54, 1.807) is 11.6 Å². The summed E-state index contributed by atoms with van der Waals surface area (Å²) < 4.78 is 1.63. The minimum atomic E-state index is -0.831. The van der Waals surface area contributed by atoms with Crippen LogP contribution < -0.4 is 0 Å². The van der Waals surface area contributed by atoms with E-state index in [0.717, 1.165) is 18.7 Å². The standard InChI is InChI=1S/C11H20N4O2/c1-5-7(2)6-10-12-13-14-15(10)9(4)8(3)11(16)17/h7-9H,5-6H2,1-4H3,(H,16,17).